The number of ether oxygens (including phenoxy) is 1. The van der Waals surface area contributed by atoms with Gasteiger partial charge in [-0.15, -0.1) is 0 Å². The molecule has 9 heteroatoms. The Morgan fingerprint density at radius 2 is 1.60 bits per heavy atom. The fourth-order valence-corrected chi connectivity index (χ4v) is 6.68. The van der Waals surface area contributed by atoms with Crippen molar-refractivity contribution in [3.05, 3.63) is 90.0 Å². The quantitative estimate of drug-likeness (QED) is 0.298. The van der Waals surface area contributed by atoms with Gasteiger partial charge in [0, 0.05) is 12.6 Å². The van der Waals surface area contributed by atoms with E-state index in [1.54, 1.807) is 43.3 Å². The number of carbonyl (C=O) groups excluding carboxylic acids is 2. The van der Waals surface area contributed by atoms with Gasteiger partial charge in [-0.1, -0.05) is 73.0 Å². The lowest BCUT2D eigenvalue weighted by molar-refractivity contribution is -0.139. The molecule has 0 bridgehead atoms. The minimum absolute atomic E-state index is 0.0649. The van der Waals surface area contributed by atoms with Crippen LogP contribution in [0.25, 0.3) is 0 Å². The largest absolute Gasteiger partial charge is 0.492 e. The Morgan fingerprint density at radius 3 is 2.26 bits per heavy atom. The summed E-state index contributed by atoms with van der Waals surface area (Å²) in [6.07, 6.45) is 4.51. The molecule has 42 heavy (non-hydrogen) atoms. The second-order valence-electron chi connectivity index (χ2n) is 10.7. The van der Waals surface area contributed by atoms with Gasteiger partial charge in [-0.2, -0.15) is 0 Å². The van der Waals surface area contributed by atoms with E-state index in [1.807, 2.05) is 44.2 Å². The molecule has 8 nitrogen and oxygen atoms in total. The summed E-state index contributed by atoms with van der Waals surface area (Å²) in [5, 5.41) is 3.10. The second kappa shape index (κ2) is 14.4. The smallest absolute Gasteiger partial charge is 0.264 e. The number of para-hydroxylation sites is 2. The number of hydrogen-bond acceptors (Lipinski definition) is 5. The molecular weight excluding hydrogens is 550 g/mol. The highest BCUT2D eigenvalue weighted by Crippen LogP contribution is 2.33. The van der Waals surface area contributed by atoms with Crippen LogP contribution in [0.2, 0.25) is 0 Å². The van der Waals surface area contributed by atoms with Crippen molar-refractivity contribution in [1.29, 1.82) is 0 Å². The maximum Gasteiger partial charge on any atom is 0.264 e. The van der Waals surface area contributed by atoms with Crippen LogP contribution in [0.15, 0.2) is 83.8 Å². The second-order valence-corrected chi connectivity index (χ2v) is 12.6. The third kappa shape index (κ3) is 7.70. The number of amides is 2. The minimum atomic E-state index is -4.17. The zero-order chi connectivity index (χ0) is 30.1. The summed E-state index contributed by atoms with van der Waals surface area (Å²) in [6.45, 7) is 5.50. The van der Waals surface area contributed by atoms with E-state index in [1.165, 1.54) is 17.0 Å². The van der Waals surface area contributed by atoms with Crippen LogP contribution in [0.3, 0.4) is 0 Å². The molecule has 0 saturated heterocycles. The normalized spacial score (nSPS) is 14.3. The third-order valence-electron chi connectivity index (χ3n) is 7.67. The molecule has 3 aromatic rings. The first-order valence-corrected chi connectivity index (χ1v) is 16.1. The molecular formula is C33H41N3O5S. The number of rotatable bonds is 13. The molecule has 0 aliphatic heterocycles. The lowest BCUT2D eigenvalue weighted by atomic mass is 10.1. The van der Waals surface area contributed by atoms with E-state index in [0.717, 1.165) is 41.1 Å². The monoisotopic (exact) mass is 591 g/mol. The average Bonchev–Trinajstić information content (AvgIpc) is 3.50. The molecule has 1 aliphatic carbocycles. The zero-order valence-electron chi connectivity index (χ0n) is 24.7. The number of sulfonamides is 1. The Labute approximate surface area is 249 Å². The SMILES string of the molecule is CCOc1ccccc1N(CC(=O)N(CCc1ccccc1)[C@H](C)C(=O)NC1CCCC1)S(=O)(=O)c1ccc(C)cc1. The van der Waals surface area contributed by atoms with Gasteiger partial charge in [-0.05, 0) is 69.9 Å². The van der Waals surface area contributed by atoms with Crippen molar-refractivity contribution in [2.24, 2.45) is 0 Å². The maximum atomic E-state index is 14.1. The molecule has 224 valence electrons. The first-order chi connectivity index (χ1) is 20.2. The highest BCUT2D eigenvalue weighted by molar-refractivity contribution is 7.92. The first-order valence-electron chi connectivity index (χ1n) is 14.7. The van der Waals surface area contributed by atoms with Gasteiger partial charge in [0.15, 0.2) is 0 Å². The van der Waals surface area contributed by atoms with Gasteiger partial charge in [0.25, 0.3) is 10.0 Å². The fourth-order valence-electron chi connectivity index (χ4n) is 5.25. The highest BCUT2D eigenvalue weighted by Gasteiger charge is 2.34. The Morgan fingerprint density at radius 1 is 0.952 bits per heavy atom. The van der Waals surface area contributed by atoms with Crippen molar-refractivity contribution >= 4 is 27.5 Å². The van der Waals surface area contributed by atoms with E-state index in [9.17, 15) is 18.0 Å². The van der Waals surface area contributed by atoms with Crippen molar-refractivity contribution in [3.63, 3.8) is 0 Å². The fraction of sp³-hybridized carbons (Fsp3) is 0.394. The number of anilines is 1. The van der Waals surface area contributed by atoms with Gasteiger partial charge in [0.1, 0.15) is 18.3 Å². The highest BCUT2D eigenvalue weighted by atomic mass is 32.2. The average molecular weight is 592 g/mol. The number of carbonyl (C=O) groups is 2. The summed E-state index contributed by atoms with van der Waals surface area (Å²) < 4.78 is 35.1. The van der Waals surface area contributed by atoms with Crippen LogP contribution in [0.4, 0.5) is 5.69 Å². The van der Waals surface area contributed by atoms with E-state index in [4.69, 9.17) is 4.74 Å². The van der Waals surface area contributed by atoms with Crippen molar-refractivity contribution < 1.29 is 22.7 Å². The van der Waals surface area contributed by atoms with E-state index in [-0.39, 0.29) is 29.1 Å². The summed E-state index contributed by atoms with van der Waals surface area (Å²) in [6, 6.07) is 22.4. The number of benzene rings is 3. The molecule has 3 aromatic carbocycles. The molecule has 0 radical (unpaired) electrons. The van der Waals surface area contributed by atoms with E-state index >= 15 is 0 Å². The van der Waals surface area contributed by atoms with Gasteiger partial charge >= 0.3 is 0 Å². The molecule has 0 heterocycles. The van der Waals surface area contributed by atoms with Crippen molar-refractivity contribution in [1.82, 2.24) is 10.2 Å². The minimum Gasteiger partial charge on any atom is -0.492 e. The maximum absolute atomic E-state index is 14.1. The van der Waals surface area contributed by atoms with Crippen LogP contribution in [0.1, 0.15) is 50.7 Å². The number of aryl methyl sites for hydroxylation is 1. The van der Waals surface area contributed by atoms with Crippen molar-refractivity contribution in [3.8, 4) is 5.75 Å². The van der Waals surface area contributed by atoms with Gasteiger partial charge in [0.05, 0.1) is 17.2 Å². The molecule has 1 saturated carbocycles. The van der Waals surface area contributed by atoms with Crippen LogP contribution in [-0.2, 0) is 26.0 Å². The molecule has 1 aliphatic rings. The zero-order valence-corrected chi connectivity index (χ0v) is 25.5. The number of nitrogens with one attached hydrogen (secondary N) is 1. The third-order valence-corrected chi connectivity index (χ3v) is 9.45. The summed E-state index contributed by atoms with van der Waals surface area (Å²) >= 11 is 0. The van der Waals surface area contributed by atoms with E-state index < -0.39 is 28.5 Å². The molecule has 4 rings (SSSR count). The van der Waals surface area contributed by atoms with E-state index in [0.29, 0.717) is 18.8 Å². The van der Waals surface area contributed by atoms with Gasteiger partial charge in [-0.25, -0.2) is 8.42 Å². The lowest BCUT2D eigenvalue weighted by Crippen LogP contribution is -2.53. The Hall–Kier alpha value is -3.85. The van der Waals surface area contributed by atoms with Gasteiger partial charge < -0.3 is 15.0 Å². The van der Waals surface area contributed by atoms with Crippen LogP contribution < -0.4 is 14.4 Å². The lowest BCUT2D eigenvalue weighted by Gasteiger charge is -2.33. The van der Waals surface area contributed by atoms with Crippen molar-refractivity contribution in [2.45, 2.75) is 69.9 Å². The van der Waals surface area contributed by atoms with Crippen LogP contribution in [-0.4, -0.2) is 56.9 Å². The predicted molar refractivity (Wildman–Crippen MR) is 165 cm³/mol. The molecule has 0 aromatic heterocycles. The molecule has 1 fully saturated rings. The van der Waals surface area contributed by atoms with Crippen LogP contribution in [0, 0.1) is 6.92 Å². The summed E-state index contributed by atoms with van der Waals surface area (Å²) in [5.41, 5.74) is 2.20. The first kappa shape index (κ1) is 31.1. The Bertz CT molecular complexity index is 1440. The Balaban J connectivity index is 1.68. The Kier molecular flexibility index (Phi) is 10.6. The topological polar surface area (TPSA) is 96.0 Å². The molecule has 1 atom stereocenters. The van der Waals surface area contributed by atoms with Gasteiger partial charge in [0.2, 0.25) is 11.8 Å². The van der Waals surface area contributed by atoms with Crippen LogP contribution >= 0.6 is 0 Å². The summed E-state index contributed by atoms with van der Waals surface area (Å²) in [4.78, 5) is 29.0. The molecule has 2 amide bonds. The summed E-state index contributed by atoms with van der Waals surface area (Å²) in [7, 11) is -4.17. The molecule has 0 unspecified atom stereocenters. The van der Waals surface area contributed by atoms with Crippen molar-refractivity contribution in [2.75, 3.05) is 24.0 Å². The number of hydrogen-bond donors (Lipinski definition) is 1. The standard InChI is InChI=1S/C33H41N3O5S/c1-4-41-31-17-11-10-16-30(31)36(42(39,40)29-20-18-25(2)19-21-29)24-32(37)35(23-22-27-12-6-5-7-13-27)26(3)33(38)34-28-14-8-9-15-28/h5-7,10-13,16-21,26,28H,4,8-9,14-15,22-24H2,1-3H3,(H,34,38)/t26-/m1/s1. The number of nitrogens with zero attached hydrogens (tertiary/aromatic N) is 2. The molecule has 0 spiro atoms. The van der Waals surface area contributed by atoms with Gasteiger partial charge in [-0.3, -0.25) is 13.9 Å². The predicted octanol–water partition coefficient (Wildman–Crippen LogP) is 5.11. The van der Waals surface area contributed by atoms with Crippen LogP contribution in [0.5, 0.6) is 5.75 Å². The molecule has 1 N–H and O–H groups in total. The van der Waals surface area contributed by atoms with E-state index in [2.05, 4.69) is 5.32 Å². The summed E-state index contributed by atoms with van der Waals surface area (Å²) in [5.74, 6) is -0.348.